The number of para-hydroxylation sites is 1. The molecule has 0 unspecified atom stereocenters. The summed E-state index contributed by atoms with van der Waals surface area (Å²) >= 11 is 0. The summed E-state index contributed by atoms with van der Waals surface area (Å²) in [6.07, 6.45) is 0.970. The van der Waals surface area contributed by atoms with Crippen molar-refractivity contribution in [3.8, 4) is 0 Å². The number of nitrogens with one attached hydrogen (secondary N) is 1. The van der Waals surface area contributed by atoms with E-state index in [2.05, 4.69) is 15.4 Å². The number of nitrogens with zero attached hydrogens (tertiary/aromatic N) is 5. The van der Waals surface area contributed by atoms with Crippen LogP contribution in [0.25, 0.3) is 0 Å². The monoisotopic (exact) mass is 426 g/mol. The van der Waals surface area contributed by atoms with Gasteiger partial charge in [-0.3, -0.25) is 14.3 Å². The van der Waals surface area contributed by atoms with Gasteiger partial charge in [-0.15, -0.1) is 0 Å². The lowest BCUT2D eigenvalue weighted by Crippen LogP contribution is -2.44. The molecule has 4 heterocycles. The van der Waals surface area contributed by atoms with Crippen LogP contribution in [0.1, 0.15) is 46.5 Å². The first-order valence-electron chi connectivity index (χ1n) is 9.86. The zero-order valence-electron chi connectivity index (χ0n) is 16.9. The van der Waals surface area contributed by atoms with Crippen LogP contribution in [0, 0.1) is 0 Å². The highest BCUT2D eigenvalue weighted by Crippen LogP contribution is 2.54. The lowest BCUT2D eigenvalue weighted by Gasteiger charge is -2.33. The normalized spacial score (nSPS) is 22.4. The average molecular weight is 426 g/mol. The summed E-state index contributed by atoms with van der Waals surface area (Å²) < 4.78 is 29.2. The van der Waals surface area contributed by atoms with Crippen LogP contribution in [0.5, 0.6) is 0 Å². The Kier molecular flexibility index (Phi) is 4.21. The lowest BCUT2D eigenvalue weighted by atomic mass is 9.74. The molecule has 10 heteroatoms. The Hall–Kier alpha value is -3.56. The number of hydrogen-bond acceptors (Lipinski definition) is 4. The SMILES string of the molecule is Cn1ccnc1[C@@H]1N(C(=O)c2cc(C(F)F)nn2C)CC[C@]12C(=O)Nc1ccccc12. The molecule has 1 saturated heterocycles. The molecular formula is C21H20F2N6O2. The molecule has 1 fully saturated rings. The average Bonchev–Trinajstić information content (AvgIpc) is 3.49. The van der Waals surface area contributed by atoms with Crippen LogP contribution in [0.15, 0.2) is 42.7 Å². The minimum atomic E-state index is -2.78. The van der Waals surface area contributed by atoms with Crippen molar-refractivity contribution in [3.63, 3.8) is 0 Å². The Bertz CT molecular complexity index is 1200. The van der Waals surface area contributed by atoms with Crippen molar-refractivity contribution in [2.45, 2.75) is 24.3 Å². The van der Waals surface area contributed by atoms with Crippen molar-refractivity contribution < 1.29 is 18.4 Å². The molecule has 8 nitrogen and oxygen atoms in total. The van der Waals surface area contributed by atoms with Crippen LogP contribution in [-0.4, -0.2) is 42.6 Å². The number of hydrogen-bond donors (Lipinski definition) is 1. The number of carbonyl (C=O) groups excluding carboxylic acids is 2. The Labute approximate surface area is 176 Å². The predicted molar refractivity (Wildman–Crippen MR) is 107 cm³/mol. The van der Waals surface area contributed by atoms with E-state index in [1.165, 1.54) is 7.05 Å². The summed E-state index contributed by atoms with van der Waals surface area (Å²) in [4.78, 5) is 32.9. The van der Waals surface area contributed by atoms with Gasteiger partial charge in [-0.2, -0.15) is 5.10 Å². The van der Waals surface area contributed by atoms with Gasteiger partial charge in [0.2, 0.25) is 5.91 Å². The highest BCUT2D eigenvalue weighted by atomic mass is 19.3. The van der Waals surface area contributed by atoms with Gasteiger partial charge in [-0.1, -0.05) is 18.2 Å². The molecule has 3 aromatic rings. The number of imidazole rings is 1. The molecule has 1 N–H and O–H groups in total. The number of carbonyl (C=O) groups is 2. The molecule has 2 atom stereocenters. The number of rotatable bonds is 3. The largest absolute Gasteiger partial charge is 0.336 e. The molecule has 2 amide bonds. The van der Waals surface area contributed by atoms with Gasteiger partial charge < -0.3 is 14.8 Å². The van der Waals surface area contributed by atoms with Crippen molar-refractivity contribution in [1.29, 1.82) is 0 Å². The third-order valence-electron chi connectivity index (χ3n) is 6.29. The molecule has 0 aliphatic carbocycles. The molecule has 2 aliphatic rings. The molecule has 160 valence electrons. The standard InChI is InChI=1S/C21H20F2N6O2/c1-27-10-8-24-18(27)16-21(12-5-3-4-6-13(12)25-20(21)31)7-9-29(16)19(30)15-11-14(17(22)23)26-28(15)2/h3-6,8,10-11,16-17H,7,9H2,1-2H3,(H,25,31)/t16-,21+/m0/s1. The first kappa shape index (κ1) is 19.4. The first-order chi connectivity index (χ1) is 14.8. The summed E-state index contributed by atoms with van der Waals surface area (Å²) in [6, 6.07) is 7.82. The molecule has 31 heavy (non-hydrogen) atoms. The fourth-order valence-electron chi connectivity index (χ4n) is 4.85. The zero-order chi connectivity index (χ0) is 21.9. The van der Waals surface area contributed by atoms with E-state index in [4.69, 9.17) is 0 Å². The van der Waals surface area contributed by atoms with Crippen molar-refractivity contribution in [3.05, 3.63) is 65.5 Å². The van der Waals surface area contributed by atoms with Crippen LogP contribution in [0.2, 0.25) is 0 Å². The fraction of sp³-hybridized carbons (Fsp3) is 0.333. The van der Waals surface area contributed by atoms with E-state index in [0.29, 0.717) is 17.9 Å². The van der Waals surface area contributed by atoms with E-state index in [0.717, 1.165) is 16.3 Å². The minimum Gasteiger partial charge on any atom is -0.336 e. The maximum atomic E-state index is 13.5. The van der Waals surface area contributed by atoms with E-state index in [-0.39, 0.29) is 18.1 Å². The molecular weight excluding hydrogens is 406 g/mol. The first-order valence-corrected chi connectivity index (χ1v) is 9.86. The van der Waals surface area contributed by atoms with Crippen molar-refractivity contribution in [2.75, 3.05) is 11.9 Å². The quantitative estimate of drug-likeness (QED) is 0.698. The summed E-state index contributed by atoms with van der Waals surface area (Å²) in [5, 5.41) is 6.71. The van der Waals surface area contributed by atoms with E-state index in [9.17, 15) is 18.4 Å². The maximum Gasteiger partial charge on any atom is 0.282 e. The van der Waals surface area contributed by atoms with E-state index < -0.39 is 29.5 Å². The van der Waals surface area contributed by atoms with Gasteiger partial charge in [-0.25, -0.2) is 13.8 Å². The van der Waals surface area contributed by atoms with E-state index >= 15 is 0 Å². The van der Waals surface area contributed by atoms with Crippen LogP contribution < -0.4 is 5.32 Å². The predicted octanol–water partition coefficient (Wildman–Crippen LogP) is 2.57. The highest BCUT2D eigenvalue weighted by Gasteiger charge is 2.60. The van der Waals surface area contributed by atoms with E-state index in [1.54, 1.807) is 28.9 Å². The number of likely N-dealkylation sites (tertiary alicyclic amines) is 1. The second-order valence-corrected chi connectivity index (χ2v) is 7.90. The topological polar surface area (TPSA) is 85.1 Å². The number of halogens is 2. The van der Waals surface area contributed by atoms with Crippen molar-refractivity contribution in [2.24, 2.45) is 14.1 Å². The second kappa shape index (κ2) is 6.73. The summed E-state index contributed by atoms with van der Waals surface area (Å²) in [5.41, 5.74) is 0.0776. The van der Waals surface area contributed by atoms with Crippen molar-refractivity contribution >= 4 is 17.5 Å². The second-order valence-electron chi connectivity index (χ2n) is 7.90. The molecule has 2 aromatic heterocycles. The molecule has 1 aromatic carbocycles. The summed E-state index contributed by atoms with van der Waals surface area (Å²) in [7, 11) is 3.26. The van der Waals surface area contributed by atoms with Gasteiger partial charge in [0.15, 0.2) is 0 Å². The fourth-order valence-corrected chi connectivity index (χ4v) is 4.85. The molecule has 0 bridgehead atoms. The number of anilines is 1. The minimum absolute atomic E-state index is 0.0400. The Morgan fingerprint density at radius 1 is 1.29 bits per heavy atom. The molecule has 0 saturated carbocycles. The smallest absolute Gasteiger partial charge is 0.282 e. The third kappa shape index (κ3) is 2.63. The Morgan fingerprint density at radius 2 is 2.06 bits per heavy atom. The summed E-state index contributed by atoms with van der Waals surface area (Å²) in [5.74, 6) is -0.117. The highest BCUT2D eigenvalue weighted by molar-refractivity contribution is 6.08. The van der Waals surface area contributed by atoms with Crippen molar-refractivity contribution in [1.82, 2.24) is 24.2 Å². The van der Waals surface area contributed by atoms with Gasteiger partial charge in [-0.05, 0) is 24.1 Å². The number of fused-ring (bicyclic) bond motifs is 2. The lowest BCUT2D eigenvalue weighted by molar-refractivity contribution is -0.121. The number of amides is 2. The van der Waals surface area contributed by atoms with Gasteiger partial charge in [0, 0.05) is 38.7 Å². The zero-order valence-corrected chi connectivity index (χ0v) is 16.9. The van der Waals surface area contributed by atoms with Crippen LogP contribution >= 0.6 is 0 Å². The Balaban J connectivity index is 1.65. The van der Waals surface area contributed by atoms with Gasteiger partial charge in [0.1, 0.15) is 28.7 Å². The van der Waals surface area contributed by atoms with E-state index in [1.807, 2.05) is 24.3 Å². The molecule has 0 radical (unpaired) electrons. The summed E-state index contributed by atoms with van der Waals surface area (Å²) in [6.45, 7) is 0.271. The van der Waals surface area contributed by atoms with Crippen LogP contribution in [0.4, 0.5) is 14.5 Å². The van der Waals surface area contributed by atoms with Crippen LogP contribution in [-0.2, 0) is 24.3 Å². The number of aryl methyl sites for hydroxylation is 2. The third-order valence-corrected chi connectivity index (χ3v) is 6.29. The number of benzene rings is 1. The van der Waals surface area contributed by atoms with Gasteiger partial charge in [0.25, 0.3) is 12.3 Å². The molecule has 1 spiro atoms. The van der Waals surface area contributed by atoms with Gasteiger partial charge >= 0.3 is 0 Å². The molecule has 5 rings (SSSR count). The Morgan fingerprint density at radius 3 is 2.74 bits per heavy atom. The number of aromatic nitrogens is 4. The maximum absolute atomic E-state index is 13.5. The molecule has 2 aliphatic heterocycles. The van der Waals surface area contributed by atoms with Gasteiger partial charge in [0.05, 0.1) is 0 Å². The number of alkyl halides is 2. The van der Waals surface area contributed by atoms with Crippen LogP contribution in [0.3, 0.4) is 0 Å².